The molecule has 0 spiro atoms. The summed E-state index contributed by atoms with van der Waals surface area (Å²) in [7, 11) is 0. The molecule has 0 aromatic heterocycles. The molecule has 0 bridgehead atoms. The summed E-state index contributed by atoms with van der Waals surface area (Å²) in [6, 6.07) is 3.60. The van der Waals surface area contributed by atoms with Crippen LogP contribution in [0.15, 0.2) is 18.2 Å². The van der Waals surface area contributed by atoms with Crippen LogP contribution < -0.4 is 14.8 Å². The molecule has 0 radical (unpaired) electrons. The largest absolute Gasteiger partial charge is 0.454 e. The Hall–Kier alpha value is -1.76. The van der Waals surface area contributed by atoms with Crippen molar-refractivity contribution in [2.24, 2.45) is 0 Å². The summed E-state index contributed by atoms with van der Waals surface area (Å²) < 4.78 is 16.3. The smallest absolute Gasteiger partial charge is 0.244 e. The molecule has 4 rings (SSSR count). The fourth-order valence-corrected chi connectivity index (χ4v) is 4.56. The number of rotatable bonds is 5. The van der Waals surface area contributed by atoms with E-state index in [9.17, 15) is 4.79 Å². The number of nitrogens with one attached hydrogen (secondary N) is 1. The molecule has 2 saturated heterocycles. The van der Waals surface area contributed by atoms with Crippen molar-refractivity contribution in [2.75, 3.05) is 39.6 Å². The average Bonchev–Trinajstić information content (AvgIpc) is 3.21. The highest BCUT2D eigenvalue weighted by Gasteiger charge is 2.39. The zero-order valence-corrected chi connectivity index (χ0v) is 16.8. The first-order chi connectivity index (χ1) is 13.7. The molecule has 3 aliphatic heterocycles. The van der Waals surface area contributed by atoms with Crippen LogP contribution >= 0.6 is 11.6 Å². The minimum absolute atomic E-state index is 0.0181. The number of piperidine rings is 1. The Morgan fingerprint density at radius 2 is 1.96 bits per heavy atom. The minimum Gasteiger partial charge on any atom is -0.454 e. The quantitative estimate of drug-likeness (QED) is 0.761. The summed E-state index contributed by atoms with van der Waals surface area (Å²) >= 11 is 6.20. The van der Waals surface area contributed by atoms with Crippen molar-refractivity contribution in [1.82, 2.24) is 10.2 Å². The van der Waals surface area contributed by atoms with Gasteiger partial charge in [0.05, 0.1) is 5.02 Å². The van der Waals surface area contributed by atoms with E-state index in [0.717, 1.165) is 44.7 Å². The molecule has 3 aliphatic rings. The number of halogens is 1. The maximum atomic E-state index is 12.5. The van der Waals surface area contributed by atoms with Crippen LogP contribution in [0.2, 0.25) is 5.02 Å². The lowest BCUT2D eigenvalue weighted by molar-refractivity contribution is -0.118. The van der Waals surface area contributed by atoms with E-state index < -0.39 is 0 Å². The van der Waals surface area contributed by atoms with Crippen molar-refractivity contribution in [2.45, 2.75) is 37.6 Å². The zero-order valence-electron chi connectivity index (χ0n) is 16.0. The van der Waals surface area contributed by atoms with Crippen LogP contribution in [0.4, 0.5) is 0 Å². The number of hydrogen-bond acceptors (Lipinski definition) is 5. The van der Waals surface area contributed by atoms with E-state index in [1.165, 1.54) is 19.3 Å². The molecule has 1 amide bonds. The van der Waals surface area contributed by atoms with E-state index in [1.807, 2.05) is 6.07 Å². The van der Waals surface area contributed by atoms with Gasteiger partial charge in [-0.2, -0.15) is 0 Å². The SMILES string of the molecule is O=C(/C=C/c1cc(Cl)c2c(c1)OCO2)NCC1(N2CCCCC2)CCOCC1. The highest BCUT2D eigenvalue weighted by atomic mass is 35.5. The van der Waals surface area contributed by atoms with Crippen LogP contribution in [0, 0.1) is 0 Å². The molecule has 2 fully saturated rings. The third-order valence-corrected chi connectivity index (χ3v) is 6.20. The molecular weight excluding hydrogens is 380 g/mol. The molecular formula is C21H27ClN2O4. The summed E-state index contributed by atoms with van der Waals surface area (Å²) in [6.07, 6.45) is 9.01. The second-order valence-electron chi connectivity index (χ2n) is 7.67. The number of benzene rings is 1. The van der Waals surface area contributed by atoms with Crippen LogP contribution in [0.25, 0.3) is 6.08 Å². The molecule has 1 N–H and O–H groups in total. The van der Waals surface area contributed by atoms with Gasteiger partial charge >= 0.3 is 0 Å². The summed E-state index contributed by atoms with van der Waals surface area (Å²) in [5.74, 6) is 1.07. The second-order valence-corrected chi connectivity index (χ2v) is 8.08. The van der Waals surface area contributed by atoms with E-state index in [1.54, 1.807) is 18.2 Å². The number of carbonyl (C=O) groups excluding carboxylic acids is 1. The monoisotopic (exact) mass is 406 g/mol. The number of nitrogens with zero attached hydrogens (tertiary/aromatic N) is 1. The van der Waals surface area contributed by atoms with Crippen molar-refractivity contribution in [3.8, 4) is 11.5 Å². The Morgan fingerprint density at radius 3 is 2.75 bits per heavy atom. The van der Waals surface area contributed by atoms with Crippen molar-refractivity contribution < 1.29 is 19.0 Å². The summed E-state index contributed by atoms with van der Waals surface area (Å²) in [5.41, 5.74) is 0.825. The average molecular weight is 407 g/mol. The Kier molecular flexibility index (Phi) is 6.09. The molecule has 0 unspecified atom stereocenters. The Balaban J connectivity index is 1.38. The van der Waals surface area contributed by atoms with Gasteiger partial charge in [0.25, 0.3) is 0 Å². The first kappa shape index (κ1) is 19.6. The maximum Gasteiger partial charge on any atom is 0.244 e. The van der Waals surface area contributed by atoms with Gasteiger partial charge in [0.1, 0.15) is 0 Å². The Bertz CT molecular complexity index is 740. The molecule has 28 heavy (non-hydrogen) atoms. The fraction of sp³-hybridized carbons (Fsp3) is 0.571. The first-order valence-corrected chi connectivity index (χ1v) is 10.4. The Morgan fingerprint density at radius 1 is 1.18 bits per heavy atom. The van der Waals surface area contributed by atoms with Crippen LogP contribution in [-0.2, 0) is 9.53 Å². The van der Waals surface area contributed by atoms with Gasteiger partial charge in [0.2, 0.25) is 12.7 Å². The molecule has 1 aromatic carbocycles. The highest BCUT2D eigenvalue weighted by Crippen LogP contribution is 2.40. The Labute approximate surface area is 170 Å². The minimum atomic E-state index is -0.100. The van der Waals surface area contributed by atoms with E-state index in [0.29, 0.717) is 23.1 Å². The maximum absolute atomic E-state index is 12.5. The summed E-state index contributed by atoms with van der Waals surface area (Å²) in [4.78, 5) is 15.0. The number of likely N-dealkylation sites (tertiary alicyclic amines) is 1. The zero-order chi connectivity index (χ0) is 19.4. The van der Waals surface area contributed by atoms with Gasteiger partial charge in [-0.3, -0.25) is 9.69 Å². The second kappa shape index (κ2) is 8.72. The van der Waals surface area contributed by atoms with Crippen LogP contribution in [0.1, 0.15) is 37.7 Å². The van der Waals surface area contributed by atoms with Gasteiger partial charge in [-0.15, -0.1) is 0 Å². The van der Waals surface area contributed by atoms with Crippen molar-refractivity contribution in [3.63, 3.8) is 0 Å². The van der Waals surface area contributed by atoms with Crippen LogP contribution in [0.5, 0.6) is 11.5 Å². The van der Waals surface area contributed by atoms with E-state index in [4.69, 9.17) is 25.8 Å². The highest BCUT2D eigenvalue weighted by molar-refractivity contribution is 6.32. The van der Waals surface area contributed by atoms with Crippen LogP contribution in [-0.4, -0.2) is 56.0 Å². The molecule has 0 aliphatic carbocycles. The van der Waals surface area contributed by atoms with Gasteiger partial charge in [0.15, 0.2) is 11.5 Å². The van der Waals surface area contributed by atoms with Crippen LogP contribution in [0.3, 0.4) is 0 Å². The van der Waals surface area contributed by atoms with Crippen molar-refractivity contribution in [3.05, 3.63) is 28.8 Å². The number of amides is 1. The lowest BCUT2D eigenvalue weighted by atomic mass is 9.86. The summed E-state index contributed by atoms with van der Waals surface area (Å²) in [5, 5.41) is 3.60. The summed E-state index contributed by atoms with van der Waals surface area (Å²) in [6.45, 7) is 4.57. The fourth-order valence-electron chi connectivity index (χ4n) is 4.29. The number of fused-ring (bicyclic) bond motifs is 1. The topological polar surface area (TPSA) is 60.0 Å². The van der Waals surface area contributed by atoms with Crippen molar-refractivity contribution >= 4 is 23.6 Å². The normalized spacial score (nSPS) is 21.8. The van der Waals surface area contributed by atoms with Gasteiger partial charge in [-0.1, -0.05) is 18.0 Å². The van der Waals surface area contributed by atoms with Gasteiger partial charge in [-0.25, -0.2) is 0 Å². The lowest BCUT2D eigenvalue weighted by Gasteiger charge is -2.48. The van der Waals surface area contributed by atoms with Crippen molar-refractivity contribution in [1.29, 1.82) is 0 Å². The number of ether oxygens (including phenoxy) is 3. The predicted molar refractivity (Wildman–Crippen MR) is 108 cm³/mol. The number of hydrogen-bond donors (Lipinski definition) is 1. The lowest BCUT2D eigenvalue weighted by Crippen LogP contribution is -2.59. The van der Waals surface area contributed by atoms with E-state index in [-0.39, 0.29) is 18.2 Å². The van der Waals surface area contributed by atoms with E-state index in [2.05, 4.69) is 10.2 Å². The molecule has 3 heterocycles. The standard InChI is InChI=1S/C21H27ClN2O4/c22-17-12-16(13-18-20(17)28-15-27-18)4-5-19(25)23-14-21(6-10-26-11-7-21)24-8-2-1-3-9-24/h4-5,12-13H,1-3,6-11,14-15H2,(H,23,25)/b5-4+. The molecule has 0 atom stereocenters. The van der Waals surface area contributed by atoms with Gasteiger partial charge in [-0.05, 0) is 62.5 Å². The molecule has 1 aromatic rings. The van der Waals surface area contributed by atoms with E-state index >= 15 is 0 Å². The molecule has 6 nitrogen and oxygen atoms in total. The number of carbonyl (C=O) groups is 1. The van der Waals surface area contributed by atoms with Gasteiger partial charge < -0.3 is 19.5 Å². The predicted octanol–water partition coefficient (Wildman–Crippen LogP) is 3.23. The first-order valence-electron chi connectivity index (χ1n) is 10.0. The molecule has 7 heteroatoms. The third kappa shape index (κ3) is 4.29. The third-order valence-electron chi connectivity index (χ3n) is 5.92. The molecule has 152 valence electrons. The molecule has 0 saturated carbocycles. The van der Waals surface area contributed by atoms with Gasteiger partial charge in [0, 0.05) is 31.4 Å².